The van der Waals surface area contributed by atoms with E-state index >= 15 is 0 Å². The minimum absolute atomic E-state index is 0.0303. The van der Waals surface area contributed by atoms with E-state index in [1.54, 1.807) is 24.3 Å². The number of amides is 1. The maximum Gasteiger partial charge on any atom is 0.416 e. The van der Waals surface area contributed by atoms with Crippen LogP contribution in [0.3, 0.4) is 0 Å². The van der Waals surface area contributed by atoms with E-state index in [4.69, 9.17) is 0 Å². The second-order valence-corrected chi connectivity index (χ2v) is 8.40. The monoisotopic (exact) mass is 446 g/mol. The summed E-state index contributed by atoms with van der Waals surface area (Å²) in [5.41, 5.74) is 0.305. The van der Waals surface area contributed by atoms with Gasteiger partial charge in [-0.1, -0.05) is 32.0 Å². The lowest BCUT2D eigenvalue weighted by molar-refractivity contribution is -0.137. The lowest BCUT2D eigenvalue weighted by atomic mass is 9.92. The molecule has 0 spiro atoms. The molecular formula is C24H25F3N2O3. The topological polar surface area (TPSA) is 60.9 Å². The number of aliphatic hydroxyl groups excluding tert-OH is 1. The van der Waals surface area contributed by atoms with E-state index in [0.29, 0.717) is 5.56 Å². The molecule has 0 fully saturated rings. The summed E-state index contributed by atoms with van der Waals surface area (Å²) in [4.78, 5) is 28.9. The van der Waals surface area contributed by atoms with Crippen molar-refractivity contribution in [2.24, 2.45) is 5.92 Å². The molecule has 0 saturated heterocycles. The van der Waals surface area contributed by atoms with Crippen LogP contribution in [0, 0.1) is 5.92 Å². The summed E-state index contributed by atoms with van der Waals surface area (Å²) in [7, 11) is 3.71. The number of nitrogens with zero attached hydrogens (tertiary/aromatic N) is 2. The summed E-state index contributed by atoms with van der Waals surface area (Å²) in [6, 6.07) is 10.2. The molecule has 1 amide bonds. The van der Waals surface area contributed by atoms with Crippen LogP contribution in [0.25, 0.3) is 0 Å². The predicted molar refractivity (Wildman–Crippen MR) is 117 cm³/mol. The molecule has 170 valence electrons. The van der Waals surface area contributed by atoms with Gasteiger partial charge in [-0.05, 0) is 41.8 Å². The number of aliphatic hydroxyl groups is 1. The van der Waals surface area contributed by atoms with Gasteiger partial charge in [-0.2, -0.15) is 13.2 Å². The molecule has 1 aliphatic heterocycles. The molecule has 0 aromatic heterocycles. The maximum absolute atomic E-state index is 13.3. The molecule has 1 atom stereocenters. The molecule has 1 heterocycles. The average Bonchev–Trinajstić information content (AvgIpc) is 2.98. The molecule has 32 heavy (non-hydrogen) atoms. The molecule has 0 saturated carbocycles. The van der Waals surface area contributed by atoms with Crippen molar-refractivity contribution in [2.75, 3.05) is 23.9 Å². The Kier molecular flexibility index (Phi) is 6.34. The molecule has 1 unspecified atom stereocenters. The van der Waals surface area contributed by atoms with Crippen molar-refractivity contribution in [3.05, 3.63) is 71.0 Å². The highest BCUT2D eigenvalue weighted by Crippen LogP contribution is 2.43. The van der Waals surface area contributed by atoms with Gasteiger partial charge in [0.05, 0.1) is 17.2 Å². The fraction of sp³-hybridized carbons (Fsp3) is 0.333. The number of benzene rings is 2. The first-order chi connectivity index (χ1) is 14.9. The van der Waals surface area contributed by atoms with Crippen LogP contribution in [0.15, 0.2) is 59.9 Å². The van der Waals surface area contributed by atoms with Crippen LogP contribution >= 0.6 is 0 Å². The van der Waals surface area contributed by atoms with Crippen molar-refractivity contribution in [3.8, 4) is 0 Å². The normalized spacial score (nSPS) is 16.8. The third-order valence-electron chi connectivity index (χ3n) is 5.28. The number of hydrogen-bond acceptors (Lipinski definition) is 4. The van der Waals surface area contributed by atoms with Crippen LogP contribution in [0.2, 0.25) is 0 Å². The minimum atomic E-state index is -4.60. The van der Waals surface area contributed by atoms with E-state index in [1.807, 2.05) is 32.8 Å². The molecule has 5 nitrogen and oxygen atoms in total. The Labute approximate surface area is 184 Å². The molecule has 1 aliphatic rings. The quantitative estimate of drug-likeness (QED) is 0.655. The lowest BCUT2D eigenvalue weighted by Gasteiger charge is -2.28. The van der Waals surface area contributed by atoms with Crippen molar-refractivity contribution in [2.45, 2.75) is 32.5 Å². The van der Waals surface area contributed by atoms with Crippen LogP contribution in [0.5, 0.6) is 0 Å². The smallest absolute Gasteiger partial charge is 0.416 e. The SMILES string of the molecule is CC(C)CC(=O)C1=C(O)C(=O)N(c2cccc(C(F)(F)F)c2)C1c1ccc(N(C)C)cc1. The van der Waals surface area contributed by atoms with E-state index in [1.165, 1.54) is 12.1 Å². The van der Waals surface area contributed by atoms with Crippen molar-refractivity contribution in [1.82, 2.24) is 0 Å². The Morgan fingerprint density at radius 1 is 1.12 bits per heavy atom. The van der Waals surface area contributed by atoms with Gasteiger partial charge in [-0.15, -0.1) is 0 Å². The molecule has 8 heteroatoms. The van der Waals surface area contributed by atoms with Gasteiger partial charge >= 0.3 is 6.18 Å². The van der Waals surface area contributed by atoms with Gasteiger partial charge in [-0.25, -0.2) is 0 Å². The van der Waals surface area contributed by atoms with Crippen molar-refractivity contribution < 1.29 is 27.9 Å². The van der Waals surface area contributed by atoms with Crippen molar-refractivity contribution >= 4 is 23.1 Å². The van der Waals surface area contributed by atoms with Crippen LogP contribution < -0.4 is 9.80 Å². The highest BCUT2D eigenvalue weighted by Gasteiger charge is 2.44. The van der Waals surface area contributed by atoms with Gasteiger partial charge < -0.3 is 10.0 Å². The van der Waals surface area contributed by atoms with Gasteiger partial charge in [0.25, 0.3) is 5.91 Å². The minimum Gasteiger partial charge on any atom is -0.503 e. The van der Waals surface area contributed by atoms with Crippen molar-refractivity contribution in [1.29, 1.82) is 0 Å². The van der Waals surface area contributed by atoms with Gasteiger partial charge in [-0.3, -0.25) is 14.5 Å². The molecule has 0 aliphatic carbocycles. The zero-order valence-corrected chi connectivity index (χ0v) is 18.3. The average molecular weight is 446 g/mol. The number of alkyl halides is 3. The number of halogens is 3. The number of carbonyl (C=O) groups excluding carboxylic acids is 2. The molecule has 2 aromatic carbocycles. The Morgan fingerprint density at radius 3 is 2.28 bits per heavy atom. The first-order valence-electron chi connectivity index (χ1n) is 10.2. The summed E-state index contributed by atoms with van der Waals surface area (Å²) in [6.45, 7) is 3.66. The molecule has 0 radical (unpaired) electrons. The maximum atomic E-state index is 13.3. The largest absolute Gasteiger partial charge is 0.503 e. The van der Waals surface area contributed by atoms with Gasteiger partial charge in [0.2, 0.25) is 0 Å². The Balaban J connectivity index is 2.16. The number of rotatable bonds is 6. The summed E-state index contributed by atoms with van der Waals surface area (Å²) < 4.78 is 39.9. The highest BCUT2D eigenvalue weighted by atomic mass is 19.4. The number of hydrogen-bond donors (Lipinski definition) is 1. The molecule has 2 aromatic rings. The number of Topliss-reactive ketones (excluding diaryl/α,β-unsaturated/α-hetero) is 1. The van der Waals surface area contributed by atoms with Crippen LogP contribution in [-0.4, -0.2) is 30.9 Å². The zero-order chi connectivity index (χ0) is 23.8. The summed E-state index contributed by atoms with van der Waals surface area (Å²) in [5, 5.41) is 10.6. The summed E-state index contributed by atoms with van der Waals surface area (Å²) >= 11 is 0. The van der Waals surface area contributed by atoms with Gasteiger partial charge in [0.15, 0.2) is 11.5 Å². The fourth-order valence-electron chi connectivity index (χ4n) is 3.74. The van der Waals surface area contributed by atoms with Gasteiger partial charge in [0, 0.05) is 31.9 Å². The second-order valence-electron chi connectivity index (χ2n) is 8.40. The van der Waals surface area contributed by atoms with Crippen LogP contribution in [0.1, 0.15) is 37.4 Å². The highest BCUT2D eigenvalue weighted by molar-refractivity contribution is 6.16. The second kappa shape index (κ2) is 8.68. The van der Waals surface area contributed by atoms with Crippen molar-refractivity contribution in [3.63, 3.8) is 0 Å². The fourth-order valence-corrected chi connectivity index (χ4v) is 3.74. The van der Waals surface area contributed by atoms with Gasteiger partial charge in [0.1, 0.15) is 0 Å². The number of carbonyl (C=O) groups is 2. The predicted octanol–water partition coefficient (Wildman–Crippen LogP) is 5.29. The lowest BCUT2D eigenvalue weighted by Crippen LogP contribution is -2.31. The van der Waals surface area contributed by atoms with E-state index in [0.717, 1.165) is 22.7 Å². The molecule has 3 rings (SSSR count). The Morgan fingerprint density at radius 2 is 1.75 bits per heavy atom. The molecule has 0 bridgehead atoms. The standard InChI is InChI=1S/C24H25F3N2O3/c1-14(2)12-19(30)20-21(15-8-10-17(11-9-15)28(3)4)29(23(32)22(20)31)18-7-5-6-16(13-18)24(25,26)27/h5-11,13-14,21,31H,12H2,1-4H3. The summed E-state index contributed by atoms with van der Waals surface area (Å²) in [5.74, 6) is -2.08. The zero-order valence-electron chi connectivity index (χ0n) is 18.3. The van der Waals surface area contributed by atoms with Crippen LogP contribution in [-0.2, 0) is 15.8 Å². The molecule has 1 N–H and O–H groups in total. The third-order valence-corrected chi connectivity index (χ3v) is 5.28. The number of ketones is 1. The summed E-state index contributed by atoms with van der Waals surface area (Å²) in [6.07, 6.45) is -4.51. The molecular weight excluding hydrogens is 421 g/mol. The van der Waals surface area contributed by atoms with E-state index < -0.39 is 35.2 Å². The van der Waals surface area contributed by atoms with E-state index in [9.17, 15) is 27.9 Å². The number of anilines is 2. The first-order valence-corrected chi connectivity index (χ1v) is 10.2. The van der Waals surface area contributed by atoms with Crippen LogP contribution in [0.4, 0.5) is 24.5 Å². The third kappa shape index (κ3) is 4.49. The van der Waals surface area contributed by atoms with E-state index in [-0.39, 0.29) is 23.6 Å². The first kappa shape index (κ1) is 23.4. The van der Waals surface area contributed by atoms with E-state index in [2.05, 4.69) is 0 Å². The Bertz CT molecular complexity index is 1060. The Hall–Kier alpha value is -3.29.